The minimum atomic E-state index is -0.0392. The standard InChI is InChI=1S/C20H28N2O2/c23-14-20(9-5-10-20)13-21-19(24)16-12-18(15-6-2-1-3-7-15)22-11-4-8-17(16)22/h1-3,6-7,16-18,23H,4-5,8-14H2,(H,21,24)/t16?,17-,18?/m0/s1. The van der Waals surface area contributed by atoms with Crippen LogP contribution < -0.4 is 5.32 Å². The Kier molecular flexibility index (Phi) is 4.35. The lowest BCUT2D eigenvalue weighted by Gasteiger charge is -2.40. The number of nitrogens with one attached hydrogen (secondary N) is 1. The van der Waals surface area contributed by atoms with Gasteiger partial charge in [0.1, 0.15) is 0 Å². The summed E-state index contributed by atoms with van der Waals surface area (Å²) in [6.45, 7) is 1.94. The van der Waals surface area contributed by atoms with Crippen molar-refractivity contribution in [2.24, 2.45) is 11.3 Å². The number of benzene rings is 1. The molecule has 1 aromatic rings. The topological polar surface area (TPSA) is 52.6 Å². The van der Waals surface area contributed by atoms with Crippen LogP contribution in [-0.4, -0.2) is 41.7 Å². The molecule has 4 rings (SSSR count). The number of fused-ring (bicyclic) bond motifs is 1. The molecular formula is C20H28N2O2. The molecule has 2 aliphatic heterocycles. The van der Waals surface area contributed by atoms with Crippen molar-refractivity contribution >= 4 is 5.91 Å². The van der Waals surface area contributed by atoms with E-state index in [1.54, 1.807) is 0 Å². The smallest absolute Gasteiger partial charge is 0.224 e. The maximum Gasteiger partial charge on any atom is 0.224 e. The van der Waals surface area contributed by atoms with E-state index in [1.807, 2.05) is 0 Å². The second kappa shape index (κ2) is 6.49. The molecule has 3 aliphatic rings. The van der Waals surface area contributed by atoms with Gasteiger partial charge < -0.3 is 10.4 Å². The van der Waals surface area contributed by atoms with Crippen LogP contribution in [0, 0.1) is 11.3 Å². The summed E-state index contributed by atoms with van der Waals surface area (Å²) in [5.41, 5.74) is 1.30. The van der Waals surface area contributed by atoms with Crippen LogP contribution in [0.5, 0.6) is 0 Å². The highest BCUT2D eigenvalue weighted by molar-refractivity contribution is 5.80. The van der Waals surface area contributed by atoms with Gasteiger partial charge in [0, 0.05) is 24.0 Å². The number of nitrogens with zero attached hydrogens (tertiary/aromatic N) is 1. The molecule has 0 aromatic heterocycles. The quantitative estimate of drug-likeness (QED) is 0.873. The van der Waals surface area contributed by atoms with Crippen LogP contribution in [-0.2, 0) is 4.79 Å². The first-order chi connectivity index (χ1) is 11.7. The van der Waals surface area contributed by atoms with Crippen molar-refractivity contribution in [2.45, 2.75) is 50.6 Å². The first-order valence-electron chi connectivity index (χ1n) is 9.42. The fourth-order valence-corrected chi connectivity index (χ4v) is 4.92. The predicted molar refractivity (Wildman–Crippen MR) is 93.4 cm³/mol. The fourth-order valence-electron chi connectivity index (χ4n) is 4.92. The molecule has 2 heterocycles. The lowest BCUT2D eigenvalue weighted by Crippen LogP contribution is -2.47. The summed E-state index contributed by atoms with van der Waals surface area (Å²) in [7, 11) is 0. The summed E-state index contributed by atoms with van der Waals surface area (Å²) >= 11 is 0. The largest absolute Gasteiger partial charge is 0.396 e. The van der Waals surface area contributed by atoms with Crippen LogP contribution in [0.25, 0.3) is 0 Å². The van der Waals surface area contributed by atoms with Crippen LogP contribution in [0.15, 0.2) is 30.3 Å². The number of carbonyl (C=O) groups excluding carboxylic acids is 1. The summed E-state index contributed by atoms with van der Waals surface area (Å²) in [5.74, 6) is 0.290. The number of carbonyl (C=O) groups is 1. The Morgan fingerprint density at radius 1 is 1.25 bits per heavy atom. The van der Waals surface area contributed by atoms with Crippen molar-refractivity contribution in [3.05, 3.63) is 35.9 Å². The molecule has 1 aromatic carbocycles. The molecule has 0 bridgehead atoms. The molecule has 3 atom stereocenters. The van der Waals surface area contributed by atoms with Crippen molar-refractivity contribution in [3.8, 4) is 0 Å². The van der Waals surface area contributed by atoms with Crippen LogP contribution >= 0.6 is 0 Å². The summed E-state index contributed by atoms with van der Waals surface area (Å²) < 4.78 is 0. The first kappa shape index (κ1) is 16.1. The van der Waals surface area contributed by atoms with Gasteiger partial charge in [-0.1, -0.05) is 36.8 Å². The van der Waals surface area contributed by atoms with E-state index in [4.69, 9.17) is 0 Å². The maximum absolute atomic E-state index is 12.8. The van der Waals surface area contributed by atoms with Gasteiger partial charge in [-0.3, -0.25) is 9.69 Å². The van der Waals surface area contributed by atoms with E-state index in [9.17, 15) is 9.90 Å². The van der Waals surface area contributed by atoms with Crippen LogP contribution in [0.2, 0.25) is 0 Å². The Morgan fingerprint density at radius 3 is 2.71 bits per heavy atom. The van der Waals surface area contributed by atoms with Gasteiger partial charge in [-0.25, -0.2) is 0 Å². The molecule has 1 amide bonds. The number of hydrogen-bond donors (Lipinski definition) is 2. The van der Waals surface area contributed by atoms with Crippen LogP contribution in [0.1, 0.15) is 50.1 Å². The van der Waals surface area contributed by atoms with Gasteiger partial charge in [-0.15, -0.1) is 0 Å². The van der Waals surface area contributed by atoms with Gasteiger partial charge in [-0.2, -0.15) is 0 Å². The third kappa shape index (κ3) is 2.76. The van der Waals surface area contributed by atoms with E-state index >= 15 is 0 Å². The molecule has 4 heteroatoms. The number of rotatable bonds is 5. The molecule has 4 nitrogen and oxygen atoms in total. The van der Waals surface area contributed by atoms with Crippen molar-refractivity contribution in [1.82, 2.24) is 10.2 Å². The van der Waals surface area contributed by atoms with E-state index in [0.717, 1.165) is 32.2 Å². The second-order valence-electron chi connectivity index (χ2n) is 7.95. The monoisotopic (exact) mass is 328 g/mol. The lowest BCUT2D eigenvalue weighted by molar-refractivity contribution is -0.126. The SMILES string of the molecule is O=C(NCC1(CO)CCC1)C1CC(c2ccccc2)N2CCC[C@@H]12. The van der Waals surface area contributed by atoms with Crippen molar-refractivity contribution in [2.75, 3.05) is 19.7 Å². The van der Waals surface area contributed by atoms with Gasteiger partial charge in [0.2, 0.25) is 5.91 Å². The maximum atomic E-state index is 12.8. The zero-order valence-corrected chi connectivity index (χ0v) is 14.3. The molecule has 1 aliphatic carbocycles. The molecule has 130 valence electrons. The molecule has 24 heavy (non-hydrogen) atoms. The van der Waals surface area contributed by atoms with Crippen molar-refractivity contribution in [1.29, 1.82) is 0 Å². The predicted octanol–water partition coefficient (Wildman–Crippen LogP) is 2.49. The Bertz CT molecular complexity index is 579. The fraction of sp³-hybridized carbons (Fsp3) is 0.650. The van der Waals surface area contributed by atoms with E-state index in [-0.39, 0.29) is 23.8 Å². The Hall–Kier alpha value is -1.39. The molecule has 2 unspecified atom stereocenters. The van der Waals surface area contributed by atoms with E-state index in [2.05, 4.69) is 40.5 Å². The van der Waals surface area contributed by atoms with E-state index in [1.165, 1.54) is 18.4 Å². The Labute approximate surface area is 144 Å². The van der Waals surface area contributed by atoms with Gasteiger partial charge in [0.25, 0.3) is 0 Å². The first-order valence-corrected chi connectivity index (χ1v) is 9.42. The number of aliphatic hydroxyl groups excluding tert-OH is 1. The highest BCUT2D eigenvalue weighted by Crippen LogP contribution is 2.45. The molecule has 2 N–H and O–H groups in total. The minimum Gasteiger partial charge on any atom is -0.396 e. The van der Waals surface area contributed by atoms with Crippen molar-refractivity contribution in [3.63, 3.8) is 0 Å². The molecule has 3 fully saturated rings. The second-order valence-corrected chi connectivity index (χ2v) is 7.95. The average molecular weight is 328 g/mol. The third-order valence-electron chi connectivity index (χ3n) is 6.59. The van der Waals surface area contributed by atoms with E-state index < -0.39 is 0 Å². The highest BCUT2D eigenvalue weighted by atomic mass is 16.3. The molecule has 0 radical (unpaired) electrons. The summed E-state index contributed by atoms with van der Waals surface area (Å²) in [5, 5.41) is 12.8. The number of hydrogen-bond acceptors (Lipinski definition) is 3. The molecule has 0 spiro atoms. The van der Waals surface area contributed by atoms with Crippen LogP contribution in [0.4, 0.5) is 0 Å². The van der Waals surface area contributed by atoms with Gasteiger partial charge in [0.15, 0.2) is 0 Å². The zero-order valence-electron chi connectivity index (χ0n) is 14.3. The van der Waals surface area contributed by atoms with Crippen molar-refractivity contribution < 1.29 is 9.90 Å². The summed E-state index contributed by atoms with van der Waals surface area (Å²) in [4.78, 5) is 15.4. The van der Waals surface area contributed by atoms with Gasteiger partial charge >= 0.3 is 0 Å². The highest BCUT2D eigenvalue weighted by Gasteiger charge is 2.47. The third-order valence-corrected chi connectivity index (χ3v) is 6.59. The van der Waals surface area contributed by atoms with Gasteiger partial charge in [0.05, 0.1) is 12.5 Å². The number of amides is 1. The summed E-state index contributed by atoms with van der Waals surface area (Å²) in [6.07, 6.45) is 6.50. The van der Waals surface area contributed by atoms with E-state index in [0.29, 0.717) is 18.6 Å². The van der Waals surface area contributed by atoms with Gasteiger partial charge in [-0.05, 0) is 44.2 Å². The number of aliphatic hydroxyl groups is 1. The Balaban J connectivity index is 1.44. The average Bonchev–Trinajstić information content (AvgIpc) is 3.17. The minimum absolute atomic E-state index is 0.0392. The molecular weight excluding hydrogens is 300 g/mol. The zero-order chi connectivity index (χ0) is 16.6. The Morgan fingerprint density at radius 2 is 2.04 bits per heavy atom. The summed E-state index contributed by atoms with van der Waals surface area (Å²) in [6, 6.07) is 11.4. The normalized spacial score (nSPS) is 31.5. The molecule has 1 saturated carbocycles. The van der Waals surface area contributed by atoms with Crippen LogP contribution in [0.3, 0.4) is 0 Å². The molecule has 2 saturated heterocycles. The lowest BCUT2D eigenvalue weighted by atomic mass is 9.69.